The predicted octanol–water partition coefficient (Wildman–Crippen LogP) is 5.95. The van der Waals surface area contributed by atoms with Crippen molar-refractivity contribution in [2.75, 3.05) is 6.54 Å². The van der Waals surface area contributed by atoms with Crippen molar-refractivity contribution in [3.8, 4) is 5.75 Å². The molecular weight excluding hydrogens is 458 g/mol. The van der Waals surface area contributed by atoms with Gasteiger partial charge in [0.15, 0.2) is 0 Å². The van der Waals surface area contributed by atoms with Crippen LogP contribution in [0.25, 0.3) is 10.1 Å². The number of carboxylic acid groups (broad SMARTS) is 1. The first-order valence-corrected chi connectivity index (χ1v) is 12.6. The van der Waals surface area contributed by atoms with Crippen molar-refractivity contribution in [2.45, 2.75) is 38.3 Å². The van der Waals surface area contributed by atoms with Gasteiger partial charge < -0.3 is 14.7 Å². The first-order chi connectivity index (χ1) is 16.9. The van der Waals surface area contributed by atoms with E-state index in [2.05, 4.69) is 19.1 Å². The summed E-state index contributed by atoms with van der Waals surface area (Å²) < 4.78 is 7.56. The molecule has 0 aliphatic carbocycles. The first-order valence-electron chi connectivity index (χ1n) is 11.7. The standard InChI is InChI=1S/C29H27NO4S/c1-29(17-20-5-3-2-4-6-20)13-11-22-16-24(8-9-25(22)34-29)28(33)30(19-27(31)32)18-21-7-10-26-23(15-21)12-14-35-26/h2-10,12,14-16H,11,13,17-19H2,1H3,(H,31,32). The second-order valence-corrected chi connectivity index (χ2v) is 10.3. The Kier molecular flexibility index (Phi) is 6.31. The quantitative estimate of drug-likeness (QED) is 0.351. The summed E-state index contributed by atoms with van der Waals surface area (Å²) in [5, 5.41) is 12.6. The summed E-state index contributed by atoms with van der Waals surface area (Å²) in [5.74, 6) is -0.537. The molecule has 5 nitrogen and oxygen atoms in total. The molecule has 0 saturated carbocycles. The maximum absolute atomic E-state index is 13.4. The number of hydrogen-bond acceptors (Lipinski definition) is 4. The van der Waals surface area contributed by atoms with Crippen molar-refractivity contribution in [2.24, 2.45) is 0 Å². The molecule has 0 spiro atoms. The third kappa shape index (κ3) is 5.23. The van der Waals surface area contributed by atoms with Gasteiger partial charge in [0, 0.05) is 23.2 Å². The van der Waals surface area contributed by atoms with Crippen LogP contribution in [0.4, 0.5) is 0 Å². The number of aliphatic carboxylic acids is 1. The molecule has 0 bridgehead atoms. The van der Waals surface area contributed by atoms with E-state index in [-0.39, 0.29) is 24.6 Å². The van der Waals surface area contributed by atoms with Crippen LogP contribution >= 0.6 is 11.3 Å². The number of carbonyl (C=O) groups excluding carboxylic acids is 1. The van der Waals surface area contributed by atoms with Crippen molar-refractivity contribution in [3.05, 3.63) is 100 Å². The Morgan fingerprint density at radius 3 is 2.66 bits per heavy atom. The summed E-state index contributed by atoms with van der Waals surface area (Å²) in [7, 11) is 0. The summed E-state index contributed by atoms with van der Waals surface area (Å²) in [6.45, 7) is 2.00. The van der Waals surface area contributed by atoms with E-state index in [0.29, 0.717) is 5.56 Å². The van der Waals surface area contributed by atoms with Gasteiger partial charge in [-0.25, -0.2) is 0 Å². The number of hydrogen-bond donors (Lipinski definition) is 1. The number of carbonyl (C=O) groups is 2. The van der Waals surface area contributed by atoms with Gasteiger partial charge in [0.25, 0.3) is 5.91 Å². The summed E-state index contributed by atoms with van der Waals surface area (Å²) in [4.78, 5) is 26.3. The number of carboxylic acids is 1. The minimum Gasteiger partial charge on any atom is -0.487 e. The Labute approximate surface area is 208 Å². The Morgan fingerprint density at radius 1 is 1.03 bits per heavy atom. The Hall–Kier alpha value is -3.64. The van der Waals surface area contributed by atoms with E-state index in [9.17, 15) is 14.7 Å². The zero-order chi connectivity index (χ0) is 24.4. The number of rotatable bonds is 7. The highest BCUT2D eigenvalue weighted by Crippen LogP contribution is 2.36. The first kappa shape index (κ1) is 23.1. The zero-order valence-electron chi connectivity index (χ0n) is 19.6. The maximum Gasteiger partial charge on any atom is 0.323 e. The summed E-state index contributed by atoms with van der Waals surface area (Å²) in [6, 6.07) is 23.8. The maximum atomic E-state index is 13.4. The Balaban J connectivity index is 1.34. The lowest BCUT2D eigenvalue weighted by atomic mass is 9.87. The van der Waals surface area contributed by atoms with E-state index in [1.165, 1.54) is 15.2 Å². The summed E-state index contributed by atoms with van der Waals surface area (Å²) in [6.07, 6.45) is 2.45. The molecule has 1 aromatic heterocycles. The van der Waals surface area contributed by atoms with Crippen LogP contribution in [-0.2, 0) is 24.2 Å². The third-order valence-corrected chi connectivity index (χ3v) is 7.41. The van der Waals surface area contributed by atoms with Crippen molar-refractivity contribution < 1.29 is 19.4 Å². The highest BCUT2D eigenvalue weighted by molar-refractivity contribution is 7.17. The van der Waals surface area contributed by atoms with Crippen LogP contribution in [0.1, 0.15) is 40.4 Å². The molecular formula is C29H27NO4S. The molecule has 6 heteroatoms. The van der Waals surface area contributed by atoms with Crippen LogP contribution in [-0.4, -0.2) is 34.0 Å². The van der Waals surface area contributed by atoms with Gasteiger partial charge >= 0.3 is 5.97 Å². The number of nitrogens with zero attached hydrogens (tertiary/aromatic N) is 1. The zero-order valence-corrected chi connectivity index (χ0v) is 20.4. The third-order valence-electron chi connectivity index (χ3n) is 6.51. The summed E-state index contributed by atoms with van der Waals surface area (Å²) >= 11 is 1.66. The van der Waals surface area contributed by atoms with E-state index in [1.807, 2.05) is 60.0 Å². The molecule has 1 atom stereocenters. The van der Waals surface area contributed by atoms with Crippen molar-refractivity contribution >= 4 is 33.3 Å². The number of thiophene rings is 1. The van der Waals surface area contributed by atoms with Crippen LogP contribution in [0.3, 0.4) is 0 Å². The molecule has 3 aromatic carbocycles. The molecule has 1 aliphatic heterocycles. The number of aryl methyl sites for hydroxylation is 1. The minimum absolute atomic E-state index is 0.236. The average Bonchev–Trinajstić information content (AvgIpc) is 3.31. The predicted molar refractivity (Wildman–Crippen MR) is 138 cm³/mol. The van der Waals surface area contributed by atoms with Crippen LogP contribution in [0, 0.1) is 0 Å². The molecule has 0 radical (unpaired) electrons. The van der Waals surface area contributed by atoms with Crippen LogP contribution < -0.4 is 4.74 Å². The fourth-order valence-corrected chi connectivity index (χ4v) is 5.53. The van der Waals surface area contributed by atoms with E-state index in [1.54, 1.807) is 17.4 Å². The summed E-state index contributed by atoms with van der Waals surface area (Å²) in [5.41, 5.74) is 3.29. The molecule has 178 valence electrons. The van der Waals surface area contributed by atoms with Gasteiger partial charge in [-0.05, 0) is 83.6 Å². The molecule has 1 amide bonds. The van der Waals surface area contributed by atoms with Crippen LogP contribution in [0.15, 0.2) is 78.2 Å². The van der Waals surface area contributed by atoms with E-state index in [0.717, 1.165) is 41.5 Å². The molecule has 2 heterocycles. The molecule has 5 rings (SSSR count). The average molecular weight is 486 g/mol. The van der Waals surface area contributed by atoms with Crippen molar-refractivity contribution in [3.63, 3.8) is 0 Å². The lowest BCUT2D eigenvalue weighted by Gasteiger charge is -2.36. The second-order valence-electron chi connectivity index (χ2n) is 9.38. The number of ether oxygens (including phenoxy) is 1. The molecule has 1 N–H and O–H groups in total. The Bertz CT molecular complexity index is 1380. The normalized spacial score (nSPS) is 16.9. The topological polar surface area (TPSA) is 66.8 Å². The number of fused-ring (bicyclic) bond motifs is 2. The van der Waals surface area contributed by atoms with E-state index >= 15 is 0 Å². The van der Waals surface area contributed by atoms with Gasteiger partial charge in [0.2, 0.25) is 0 Å². The lowest BCUT2D eigenvalue weighted by molar-refractivity contribution is -0.137. The van der Waals surface area contributed by atoms with E-state index in [4.69, 9.17) is 4.74 Å². The molecule has 1 aliphatic rings. The fraction of sp³-hybridized carbons (Fsp3) is 0.241. The molecule has 1 unspecified atom stereocenters. The molecule has 35 heavy (non-hydrogen) atoms. The van der Waals surface area contributed by atoms with Gasteiger partial charge in [0.05, 0.1) is 0 Å². The van der Waals surface area contributed by atoms with Crippen LogP contribution in [0.5, 0.6) is 5.75 Å². The second kappa shape index (κ2) is 9.55. The van der Waals surface area contributed by atoms with Crippen LogP contribution in [0.2, 0.25) is 0 Å². The van der Waals surface area contributed by atoms with Crippen molar-refractivity contribution in [1.29, 1.82) is 0 Å². The largest absolute Gasteiger partial charge is 0.487 e. The molecule has 0 fully saturated rings. The smallest absolute Gasteiger partial charge is 0.323 e. The van der Waals surface area contributed by atoms with Gasteiger partial charge in [-0.1, -0.05) is 36.4 Å². The Morgan fingerprint density at radius 2 is 1.86 bits per heavy atom. The van der Waals surface area contributed by atoms with Gasteiger partial charge in [-0.3, -0.25) is 9.59 Å². The highest BCUT2D eigenvalue weighted by atomic mass is 32.1. The molecule has 4 aromatic rings. The highest BCUT2D eigenvalue weighted by Gasteiger charge is 2.32. The monoisotopic (exact) mass is 485 g/mol. The number of benzene rings is 3. The van der Waals surface area contributed by atoms with Gasteiger partial charge in [0.1, 0.15) is 17.9 Å². The number of amides is 1. The van der Waals surface area contributed by atoms with Gasteiger partial charge in [-0.2, -0.15) is 0 Å². The molecule has 0 saturated heterocycles. The SMILES string of the molecule is CC1(Cc2ccccc2)CCc2cc(C(=O)N(CC(=O)O)Cc3ccc4sccc4c3)ccc2O1. The fourth-order valence-electron chi connectivity index (χ4n) is 4.76. The lowest BCUT2D eigenvalue weighted by Crippen LogP contribution is -2.39. The van der Waals surface area contributed by atoms with Crippen molar-refractivity contribution in [1.82, 2.24) is 4.90 Å². The minimum atomic E-state index is -1.03. The van der Waals surface area contributed by atoms with Gasteiger partial charge in [-0.15, -0.1) is 11.3 Å². The van der Waals surface area contributed by atoms with E-state index < -0.39 is 5.97 Å².